The molecule has 0 aromatic rings. The van der Waals surface area contributed by atoms with Crippen molar-refractivity contribution in [3.8, 4) is 0 Å². The molecule has 0 saturated heterocycles. The lowest BCUT2D eigenvalue weighted by Gasteiger charge is -2.27. The SMILES string of the molecule is CCCCS(C)(S)CC. The van der Waals surface area contributed by atoms with Gasteiger partial charge < -0.3 is 0 Å². The zero-order valence-corrected chi connectivity index (χ0v) is 8.39. The predicted molar refractivity (Wildman–Crippen MR) is 52.8 cm³/mol. The molecule has 9 heavy (non-hydrogen) atoms. The van der Waals surface area contributed by atoms with Crippen molar-refractivity contribution in [1.29, 1.82) is 0 Å². The maximum Gasteiger partial charge on any atom is -0.0146 e. The monoisotopic (exact) mass is 166 g/mol. The van der Waals surface area contributed by atoms with Gasteiger partial charge in [-0.2, -0.15) is 9.06 Å². The van der Waals surface area contributed by atoms with Gasteiger partial charge in [0.2, 0.25) is 0 Å². The van der Waals surface area contributed by atoms with E-state index in [4.69, 9.17) is 0 Å². The van der Waals surface area contributed by atoms with Crippen LogP contribution in [0.3, 0.4) is 0 Å². The molecule has 1 atom stereocenters. The smallest absolute Gasteiger partial charge is 0.0146 e. The Labute approximate surface area is 65.5 Å². The summed E-state index contributed by atoms with van der Waals surface area (Å²) < 4.78 is 0. The summed E-state index contributed by atoms with van der Waals surface area (Å²) in [6, 6.07) is 0. The lowest BCUT2D eigenvalue weighted by Crippen LogP contribution is -1.97. The second-order valence-electron chi connectivity index (χ2n) is 2.57. The van der Waals surface area contributed by atoms with Crippen molar-refractivity contribution in [2.24, 2.45) is 0 Å². The Morgan fingerprint density at radius 2 is 1.89 bits per heavy atom. The van der Waals surface area contributed by atoms with Crippen LogP contribution in [0.25, 0.3) is 0 Å². The number of rotatable bonds is 4. The molecule has 0 radical (unpaired) electrons. The highest BCUT2D eigenvalue weighted by molar-refractivity contribution is 8.87. The van der Waals surface area contributed by atoms with Crippen LogP contribution in [0, 0.1) is 0 Å². The van der Waals surface area contributed by atoms with E-state index < -0.39 is 9.06 Å². The van der Waals surface area contributed by atoms with E-state index in [1.54, 1.807) is 0 Å². The van der Waals surface area contributed by atoms with E-state index in [9.17, 15) is 0 Å². The van der Waals surface area contributed by atoms with Crippen LogP contribution in [0.1, 0.15) is 26.7 Å². The van der Waals surface area contributed by atoms with E-state index in [1.807, 2.05) is 0 Å². The fourth-order valence-electron chi connectivity index (χ4n) is 0.600. The summed E-state index contributed by atoms with van der Waals surface area (Å²) in [5, 5.41) is 0. The summed E-state index contributed by atoms with van der Waals surface area (Å²) in [6.07, 6.45) is 4.96. The molecule has 0 bridgehead atoms. The van der Waals surface area contributed by atoms with Crippen LogP contribution in [-0.4, -0.2) is 17.8 Å². The van der Waals surface area contributed by atoms with E-state index in [2.05, 4.69) is 31.8 Å². The highest BCUT2D eigenvalue weighted by atomic mass is 33.1. The molecule has 0 aliphatic carbocycles. The summed E-state index contributed by atoms with van der Waals surface area (Å²) in [5.41, 5.74) is 0. The Morgan fingerprint density at radius 3 is 2.22 bits per heavy atom. The highest BCUT2D eigenvalue weighted by Crippen LogP contribution is 2.48. The van der Waals surface area contributed by atoms with E-state index in [0.717, 1.165) is 0 Å². The highest BCUT2D eigenvalue weighted by Gasteiger charge is 2.07. The molecule has 0 N–H and O–H groups in total. The minimum absolute atomic E-state index is 0.487. The van der Waals surface area contributed by atoms with Gasteiger partial charge in [0.05, 0.1) is 0 Å². The lowest BCUT2D eigenvalue weighted by molar-refractivity contribution is 0.893. The predicted octanol–water partition coefficient (Wildman–Crippen LogP) is 3.09. The van der Waals surface area contributed by atoms with Crippen molar-refractivity contribution in [2.45, 2.75) is 26.7 Å². The Hall–Kier alpha value is 0.700. The van der Waals surface area contributed by atoms with Gasteiger partial charge in [0, 0.05) is 0 Å². The molecule has 0 nitrogen and oxygen atoms in total. The van der Waals surface area contributed by atoms with Gasteiger partial charge in [0.1, 0.15) is 0 Å². The van der Waals surface area contributed by atoms with Crippen LogP contribution in [-0.2, 0) is 0 Å². The first-order valence-electron chi connectivity index (χ1n) is 3.58. The number of thiol groups is 1. The molecule has 1 unspecified atom stereocenters. The topological polar surface area (TPSA) is 0 Å². The van der Waals surface area contributed by atoms with E-state index in [0.29, 0.717) is 0 Å². The van der Waals surface area contributed by atoms with Gasteiger partial charge >= 0.3 is 0 Å². The first kappa shape index (κ1) is 9.70. The average Bonchev–Trinajstić information content (AvgIpc) is 1.84. The molecule has 0 spiro atoms. The molecule has 0 aromatic carbocycles. The Bertz CT molecular complexity index is 69.3. The summed E-state index contributed by atoms with van der Waals surface area (Å²) in [5.74, 6) is 2.60. The number of unbranched alkanes of at least 4 members (excludes halogenated alkanes) is 1. The first-order chi connectivity index (χ1) is 4.12. The lowest BCUT2D eigenvalue weighted by atomic mass is 10.4. The molecule has 0 aliphatic heterocycles. The molecule has 0 fully saturated rings. The van der Waals surface area contributed by atoms with Crippen molar-refractivity contribution in [1.82, 2.24) is 0 Å². The number of hydrogen-bond donors (Lipinski definition) is 1. The Morgan fingerprint density at radius 1 is 1.33 bits per heavy atom. The summed E-state index contributed by atoms with van der Waals surface area (Å²) in [4.78, 5) is 0. The summed E-state index contributed by atoms with van der Waals surface area (Å²) in [6.45, 7) is 4.47. The molecule has 2 heteroatoms. The molecule has 0 aliphatic rings. The molecule has 0 aromatic heterocycles. The molecule has 0 heterocycles. The summed E-state index contributed by atoms with van der Waals surface area (Å²) in [7, 11) is -0.487. The third-order valence-electron chi connectivity index (χ3n) is 1.56. The zero-order chi connectivity index (χ0) is 7.33. The normalized spacial score (nSPS) is 20.9. The van der Waals surface area contributed by atoms with Gasteiger partial charge in [-0.15, -0.1) is 11.7 Å². The fraction of sp³-hybridized carbons (Fsp3) is 1.00. The summed E-state index contributed by atoms with van der Waals surface area (Å²) >= 11 is 4.60. The molecule has 0 saturated carbocycles. The van der Waals surface area contributed by atoms with Crippen molar-refractivity contribution in [2.75, 3.05) is 17.8 Å². The largest absolute Gasteiger partial charge is 0.199 e. The van der Waals surface area contributed by atoms with Gasteiger partial charge in [-0.3, -0.25) is 0 Å². The zero-order valence-electron chi connectivity index (χ0n) is 6.68. The molecular formula is C7H18S2. The third kappa shape index (κ3) is 5.16. The van der Waals surface area contributed by atoms with E-state index in [1.165, 1.54) is 24.3 Å². The van der Waals surface area contributed by atoms with E-state index >= 15 is 0 Å². The van der Waals surface area contributed by atoms with Crippen LogP contribution in [0.15, 0.2) is 0 Å². The van der Waals surface area contributed by atoms with Crippen molar-refractivity contribution in [3.05, 3.63) is 0 Å². The maximum atomic E-state index is 4.60. The Kier molecular flexibility index (Phi) is 4.86. The van der Waals surface area contributed by atoms with Crippen LogP contribution in [0.2, 0.25) is 0 Å². The van der Waals surface area contributed by atoms with Gasteiger partial charge in [-0.05, 0) is 24.2 Å². The first-order valence-corrected chi connectivity index (χ1v) is 7.01. The van der Waals surface area contributed by atoms with Crippen LogP contribution in [0.4, 0.5) is 0 Å². The fourth-order valence-corrected chi connectivity index (χ4v) is 2.19. The Balaban J connectivity index is 3.33. The maximum absolute atomic E-state index is 4.60. The quantitative estimate of drug-likeness (QED) is 0.481. The van der Waals surface area contributed by atoms with Crippen molar-refractivity contribution >= 4 is 20.7 Å². The average molecular weight is 166 g/mol. The molecule has 58 valence electrons. The number of hydrogen-bond acceptors (Lipinski definition) is 1. The molecule has 0 amide bonds. The van der Waals surface area contributed by atoms with Gasteiger partial charge in [0.15, 0.2) is 0 Å². The van der Waals surface area contributed by atoms with Gasteiger partial charge in [-0.1, -0.05) is 20.3 Å². The second kappa shape index (κ2) is 4.51. The van der Waals surface area contributed by atoms with Crippen molar-refractivity contribution < 1.29 is 0 Å². The van der Waals surface area contributed by atoms with Crippen LogP contribution >= 0.6 is 20.7 Å². The second-order valence-corrected chi connectivity index (χ2v) is 8.64. The third-order valence-corrected chi connectivity index (χ3v) is 5.29. The standard InChI is InChI=1S/C7H18S2/c1-4-6-7-9(3,8)5-2/h8H,4-7H2,1-3H3. The molecule has 0 rings (SSSR count). The van der Waals surface area contributed by atoms with Crippen molar-refractivity contribution in [3.63, 3.8) is 0 Å². The van der Waals surface area contributed by atoms with Crippen LogP contribution < -0.4 is 0 Å². The minimum Gasteiger partial charge on any atom is -0.199 e. The van der Waals surface area contributed by atoms with Crippen LogP contribution in [0.5, 0.6) is 0 Å². The molecular weight excluding hydrogens is 148 g/mol. The van der Waals surface area contributed by atoms with Gasteiger partial charge in [-0.25, -0.2) is 0 Å². The van der Waals surface area contributed by atoms with E-state index in [-0.39, 0.29) is 0 Å². The van der Waals surface area contributed by atoms with Gasteiger partial charge in [0.25, 0.3) is 0 Å². The minimum atomic E-state index is -0.487.